The number of rotatable bonds is 5. The van der Waals surface area contributed by atoms with Crippen molar-refractivity contribution in [2.24, 2.45) is 5.92 Å². The molecule has 0 aliphatic heterocycles. The van der Waals surface area contributed by atoms with Gasteiger partial charge in [-0.25, -0.2) is 0 Å². The van der Waals surface area contributed by atoms with Crippen LogP contribution in [0, 0.1) is 5.92 Å². The van der Waals surface area contributed by atoms with Crippen LogP contribution in [-0.2, 0) is 0 Å². The summed E-state index contributed by atoms with van der Waals surface area (Å²) < 4.78 is 5.51. The minimum Gasteiger partial charge on any atom is -0.423 e. The van der Waals surface area contributed by atoms with Crippen LogP contribution in [0.4, 0.5) is 11.7 Å². The average molecular weight is 235 g/mol. The Labute approximate surface area is 99.6 Å². The van der Waals surface area contributed by atoms with Gasteiger partial charge in [0.15, 0.2) is 5.58 Å². The number of fused-ring (bicyclic) bond motifs is 1. The monoisotopic (exact) mass is 235 g/mol. The predicted molar refractivity (Wildman–Crippen MR) is 67.8 cm³/mol. The van der Waals surface area contributed by atoms with E-state index in [-0.39, 0.29) is 6.61 Å². The minimum absolute atomic E-state index is 0.198. The van der Waals surface area contributed by atoms with Gasteiger partial charge in [0, 0.05) is 13.2 Å². The highest BCUT2D eigenvalue weighted by molar-refractivity contribution is 5.86. The molecule has 0 radical (unpaired) electrons. The van der Waals surface area contributed by atoms with Gasteiger partial charge in [0.1, 0.15) is 5.52 Å². The third-order valence-corrected chi connectivity index (χ3v) is 2.67. The minimum atomic E-state index is 0.198. The van der Waals surface area contributed by atoms with E-state index in [1.807, 2.05) is 12.1 Å². The zero-order valence-corrected chi connectivity index (χ0v) is 9.81. The number of anilines is 2. The topological polar surface area (TPSA) is 84.3 Å². The summed E-state index contributed by atoms with van der Waals surface area (Å²) in [6, 6.07) is 5.94. The number of nitrogen functional groups attached to an aromatic ring is 1. The van der Waals surface area contributed by atoms with Gasteiger partial charge in [0.25, 0.3) is 6.01 Å². The number of para-hydroxylation sites is 1. The molecule has 1 atom stereocenters. The number of nitrogens with one attached hydrogen (secondary N) is 1. The van der Waals surface area contributed by atoms with Crippen molar-refractivity contribution in [2.75, 3.05) is 24.2 Å². The molecule has 92 valence electrons. The zero-order valence-electron chi connectivity index (χ0n) is 9.81. The Kier molecular flexibility index (Phi) is 3.49. The fraction of sp³-hybridized carbons (Fsp3) is 0.417. The van der Waals surface area contributed by atoms with Crippen LogP contribution in [0.1, 0.15) is 13.3 Å². The molecule has 1 heterocycles. The van der Waals surface area contributed by atoms with E-state index in [9.17, 15) is 0 Å². The third kappa shape index (κ3) is 2.68. The van der Waals surface area contributed by atoms with Crippen molar-refractivity contribution >= 4 is 22.8 Å². The first kappa shape index (κ1) is 11.7. The van der Waals surface area contributed by atoms with Crippen LogP contribution in [-0.4, -0.2) is 23.2 Å². The molecule has 1 aromatic heterocycles. The van der Waals surface area contributed by atoms with Crippen LogP contribution >= 0.6 is 0 Å². The van der Waals surface area contributed by atoms with Crippen LogP contribution in [0.3, 0.4) is 0 Å². The van der Waals surface area contributed by atoms with Gasteiger partial charge in [-0.2, -0.15) is 4.98 Å². The fourth-order valence-electron chi connectivity index (χ4n) is 1.63. The highest BCUT2D eigenvalue weighted by Crippen LogP contribution is 2.23. The largest absolute Gasteiger partial charge is 0.423 e. The molecule has 0 fully saturated rings. The molecule has 17 heavy (non-hydrogen) atoms. The van der Waals surface area contributed by atoms with Crippen LogP contribution in [0.2, 0.25) is 0 Å². The molecule has 2 rings (SSSR count). The standard InChI is InChI=1S/C12H17N3O2/c1-8(5-6-16)7-14-12-15-11-9(13)3-2-4-10(11)17-12/h2-4,8,16H,5-7,13H2,1H3,(H,14,15). The summed E-state index contributed by atoms with van der Waals surface area (Å²) in [5, 5.41) is 11.9. The quantitative estimate of drug-likeness (QED) is 0.689. The Morgan fingerprint density at radius 3 is 3.06 bits per heavy atom. The second-order valence-electron chi connectivity index (χ2n) is 4.21. The number of hydrogen-bond donors (Lipinski definition) is 3. The molecule has 0 saturated heterocycles. The molecular weight excluding hydrogens is 218 g/mol. The van der Waals surface area contributed by atoms with E-state index in [1.54, 1.807) is 6.07 Å². The Morgan fingerprint density at radius 2 is 2.35 bits per heavy atom. The number of oxazole rings is 1. The Morgan fingerprint density at radius 1 is 1.53 bits per heavy atom. The first-order chi connectivity index (χ1) is 8.20. The van der Waals surface area contributed by atoms with Crippen molar-refractivity contribution in [1.82, 2.24) is 4.98 Å². The maximum Gasteiger partial charge on any atom is 0.295 e. The predicted octanol–water partition coefficient (Wildman–Crippen LogP) is 1.84. The maximum absolute atomic E-state index is 8.80. The molecule has 1 aromatic carbocycles. The Hall–Kier alpha value is -1.75. The highest BCUT2D eigenvalue weighted by Gasteiger charge is 2.08. The lowest BCUT2D eigenvalue weighted by atomic mass is 10.1. The van der Waals surface area contributed by atoms with Gasteiger partial charge < -0.3 is 20.6 Å². The van der Waals surface area contributed by atoms with E-state index >= 15 is 0 Å². The SMILES string of the molecule is CC(CCO)CNc1nc2c(N)cccc2o1. The zero-order chi connectivity index (χ0) is 12.3. The highest BCUT2D eigenvalue weighted by atomic mass is 16.4. The number of aliphatic hydroxyl groups is 1. The van der Waals surface area contributed by atoms with Crippen LogP contribution in [0.15, 0.2) is 22.6 Å². The lowest BCUT2D eigenvalue weighted by Crippen LogP contribution is -2.12. The molecule has 0 aliphatic carbocycles. The maximum atomic E-state index is 8.80. The summed E-state index contributed by atoms with van der Waals surface area (Å²) in [6.45, 7) is 2.97. The number of aromatic nitrogens is 1. The average Bonchev–Trinajstić information content (AvgIpc) is 2.71. The number of hydrogen-bond acceptors (Lipinski definition) is 5. The van der Waals surface area contributed by atoms with E-state index in [0.29, 0.717) is 35.3 Å². The van der Waals surface area contributed by atoms with E-state index in [4.69, 9.17) is 15.3 Å². The van der Waals surface area contributed by atoms with Crippen molar-refractivity contribution in [3.63, 3.8) is 0 Å². The molecule has 1 unspecified atom stereocenters. The lowest BCUT2D eigenvalue weighted by Gasteiger charge is -2.08. The molecule has 0 amide bonds. The van der Waals surface area contributed by atoms with Crippen molar-refractivity contribution in [3.8, 4) is 0 Å². The summed E-state index contributed by atoms with van der Waals surface area (Å²) in [7, 11) is 0. The summed E-state index contributed by atoms with van der Waals surface area (Å²) >= 11 is 0. The van der Waals surface area contributed by atoms with Gasteiger partial charge in [0.05, 0.1) is 5.69 Å². The fourth-order valence-corrected chi connectivity index (χ4v) is 1.63. The van der Waals surface area contributed by atoms with Gasteiger partial charge in [-0.3, -0.25) is 0 Å². The second kappa shape index (κ2) is 5.05. The first-order valence-corrected chi connectivity index (χ1v) is 5.70. The molecule has 0 aliphatic rings. The van der Waals surface area contributed by atoms with Gasteiger partial charge in [-0.1, -0.05) is 13.0 Å². The summed E-state index contributed by atoms with van der Waals surface area (Å²) in [5.41, 5.74) is 7.77. The van der Waals surface area contributed by atoms with Crippen molar-refractivity contribution in [2.45, 2.75) is 13.3 Å². The van der Waals surface area contributed by atoms with Crippen LogP contribution in [0.25, 0.3) is 11.1 Å². The molecule has 0 bridgehead atoms. The number of nitrogens with zero attached hydrogens (tertiary/aromatic N) is 1. The van der Waals surface area contributed by atoms with Gasteiger partial charge >= 0.3 is 0 Å². The first-order valence-electron chi connectivity index (χ1n) is 5.70. The lowest BCUT2D eigenvalue weighted by molar-refractivity contribution is 0.265. The third-order valence-electron chi connectivity index (χ3n) is 2.67. The van der Waals surface area contributed by atoms with E-state index in [2.05, 4.69) is 17.2 Å². The molecule has 5 heteroatoms. The molecule has 0 spiro atoms. The normalized spacial score (nSPS) is 12.8. The molecule has 0 saturated carbocycles. The van der Waals surface area contributed by atoms with Gasteiger partial charge in [0.2, 0.25) is 0 Å². The summed E-state index contributed by atoms with van der Waals surface area (Å²) in [6.07, 6.45) is 0.759. The van der Waals surface area contributed by atoms with E-state index in [0.717, 1.165) is 6.42 Å². The molecule has 5 nitrogen and oxygen atoms in total. The smallest absolute Gasteiger partial charge is 0.295 e. The van der Waals surface area contributed by atoms with E-state index in [1.165, 1.54) is 0 Å². The van der Waals surface area contributed by atoms with Crippen LogP contribution in [0.5, 0.6) is 0 Å². The van der Waals surface area contributed by atoms with Gasteiger partial charge in [-0.15, -0.1) is 0 Å². The van der Waals surface area contributed by atoms with Crippen molar-refractivity contribution in [3.05, 3.63) is 18.2 Å². The van der Waals surface area contributed by atoms with Crippen LogP contribution < -0.4 is 11.1 Å². The number of benzene rings is 1. The van der Waals surface area contributed by atoms with Gasteiger partial charge in [-0.05, 0) is 24.5 Å². The van der Waals surface area contributed by atoms with Crippen molar-refractivity contribution in [1.29, 1.82) is 0 Å². The molecule has 4 N–H and O–H groups in total. The summed E-state index contributed by atoms with van der Waals surface area (Å²) in [5.74, 6) is 0.368. The molecule has 2 aromatic rings. The number of aliphatic hydroxyl groups excluding tert-OH is 1. The van der Waals surface area contributed by atoms with Crippen molar-refractivity contribution < 1.29 is 9.52 Å². The Balaban J connectivity index is 2.07. The Bertz CT molecular complexity index is 495. The summed E-state index contributed by atoms with van der Waals surface area (Å²) in [4.78, 5) is 4.28. The second-order valence-corrected chi connectivity index (χ2v) is 4.21. The van der Waals surface area contributed by atoms with E-state index < -0.39 is 0 Å². The molecular formula is C12H17N3O2. The number of nitrogens with two attached hydrogens (primary N) is 1.